The Hall–Kier alpha value is -4.64. The number of aromatic hydroxyl groups is 2. The maximum Gasteiger partial charge on any atom is 0.124 e. The Morgan fingerprint density at radius 2 is 0.646 bits per heavy atom. The van der Waals surface area contributed by atoms with E-state index in [4.69, 9.17) is 5.11 Å². The molecule has 0 aliphatic carbocycles. The number of fused-ring (bicyclic) bond motifs is 4. The van der Waals surface area contributed by atoms with Crippen molar-refractivity contribution in [3.63, 3.8) is 0 Å². The quantitative estimate of drug-likeness (QED) is 0.161. The van der Waals surface area contributed by atoms with Crippen LogP contribution in [-0.2, 0) is 21.7 Å². The Bertz CT molecular complexity index is 2120. The number of phenols is 2. The van der Waals surface area contributed by atoms with Crippen LogP contribution in [0.4, 0.5) is 0 Å². The molecule has 0 spiro atoms. The zero-order chi connectivity index (χ0) is 32.0. The van der Waals surface area contributed by atoms with Crippen molar-refractivity contribution in [1.29, 1.82) is 0 Å². The summed E-state index contributed by atoms with van der Waals surface area (Å²) >= 11 is 0. The van der Waals surface area contributed by atoms with Gasteiger partial charge in [-0.25, -0.2) is 0 Å². The molecule has 0 fully saturated rings. The van der Waals surface area contributed by atoms with Crippen LogP contribution in [0.5, 0.6) is 11.5 Å². The molecule has 8 aromatic rings. The van der Waals surface area contributed by atoms with Crippen molar-refractivity contribution in [2.24, 2.45) is 0 Å². The first-order chi connectivity index (χ1) is 22.4. The molecule has 5 heteroatoms. The number of rotatable bonds is 2. The van der Waals surface area contributed by atoms with Crippen LogP contribution < -0.4 is 12.4 Å². The van der Waals surface area contributed by atoms with Gasteiger partial charge in [-0.3, -0.25) is 0 Å². The van der Waals surface area contributed by atoms with Gasteiger partial charge in [0.05, 0.1) is 0 Å². The first-order valence-corrected chi connectivity index (χ1v) is 15.5. The predicted molar refractivity (Wildman–Crippen MR) is 194 cm³/mol. The van der Waals surface area contributed by atoms with Crippen molar-refractivity contribution in [2.45, 2.75) is 20.0 Å². The first-order valence-electron chi connectivity index (χ1n) is 15.5. The molecular formula is C43H36ClO3Ti-. The van der Waals surface area contributed by atoms with E-state index >= 15 is 0 Å². The van der Waals surface area contributed by atoms with Gasteiger partial charge >= 0.3 is 0 Å². The normalized spacial score (nSPS) is 10.4. The molecule has 0 radical (unpaired) electrons. The number of benzene rings is 8. The van der Waals surface area contributed by atoms with Gasteiger partial charge < -0.3 is 27.7 Å². The summed E-state index contributed by atoms with van der Waals surface area (Å²) in [5.41, 5.74) is 3.96. The summed E-state index contributed by atoms with van der Waals surface area (Å²) in [5, 5.41) is 38.0. The molecule has 0 atom stereocenters. The topological polar surface area (TPSA) is 60.7 Å². The minimum absolute atomic E-state index is 0. The molecule has 0 amide bonds. The van der Waals surface area contributed by atoms with Gasteiger partial charge in [-0.05, 0) is 80.2 Å². The van der Waals surface area contributed by atoms with Crippen molar-refractivity contribution in [2.75, 3.05) is 0 Å². The second kappa shape index (κ2) is 16.5. The van der Waals surface area contributed by atoms with Crippen LogP contribution in [0.15, 0.2) is 158 Å². The summed E-state index contributed by atoms with van der Waals surface area (Å²) in [6.07, 6.45) is -0.167. The van der Waals surface area contributed by atoms with Crippen molar-refractivity contribution < 1.29 is 49.4 Å². The maximum absolute atomic E-state index is 10.4. The van der Waals surface area contributed by atoms with E-state index in [2.05, 4.69) is 72.8 Å². The number of hydrogen-bond acceptors (Lipinski definition) is 3. The Labute approximate surface area is 302 Å². The van der Waals surface area contributed by atoms with Crippen molar-refractivity contribution in [3.05, 3.63) is 158 Å². The number of hydrogen-bond donors (Lipinski definition) is 3. The molecule has 0 aliphatic rings. The van der Waals surface area contributed by atoms with E-state index in [0.717, 1.165) is 54.6 Å². The zero-order valence-electron chi connectivity index (χ0n) is 26.8. The number of halogens is 1. The minimum Gasteiger partial charge on any atom is -1.00 e. The van der Waals surface area contributed by atoms with E-state index in [0.29, 0.717) is 11.5 Å². The molecule has 3 N–H and O–H groups in total. The third-order valence-electron chi connectivity index (χ3n) is 7.93. The Balaban J connectivity index is 0.000000188. The fourth-order valence-corrected chi connectivity index (χ4v) is 5.97. The standard InChI is InChI=1S/2C20H14O.C3H8O.ClH.Ti/c2*21-19-13-12-15-7-2-4-10-17(15)20(19)18-11-5-8-14-6-1-3-9-16(14)18;1-3(2)4;;/h2*1-13,21H;3-4H,1-2H3;1H;/p-1. The molecule has 0 saturated heterocycles. The van der Waals surface area contributed by atoms with E-state index in [-0.39, 0.29) is 40.2 Å². The van der Waals surface area contributed by atoms with Crippen molar-refractivity contribution >= 4 is 43.1 Å². The molecule has 0 aromatic heterocycles. The maximum atomic E-state index is 10.4. The van der Waals surface area contributed by atoms with E-state index in [1.165, 1.54) is 10.8 Å². The summed E-state index contributed by atoms with van der Waals surface area (Å²) in [7, 11) is 0. The third-order valence-corrected chi connectivity index (χ3v) is 7.93. The minimum atomic E-state index is -0.167. The molecule has 238 valence electrons. The van der Waals surface area contributed by atoms with Gasteiger partial charge in [0.15, 0.2) is 0 Å². The van der Waals surface area contributed by atoms with Gasteiger partial charge in [-0.1, -0.05) is 146 Å². The fourth-order valence-electron chi connectivity index (χ4n) is 5.97. The van der Waals surface area contributed by atoms with Crippen LogP contribution in [0.2, 0.25) is 0 Å². The van der Waals surface area contributed by atoms with Gasteiger partial charge in [0.25, 0.3) is 0 Å². The third kappa shape index (κ3) is 7.73. The van der Waals surface area contributed by atoms with E-state index in [1.54, 1.807) is 26.0 Å². The van der Waals surface area contributed by atoms with Crippen LogP contribution in [0.3, 0.4) is 0 Å². The molecule has 48 heavy (non-hydrogen) atoms. The second-order valence-corrected chi connectivity index (χ2v) is 11.5. The van der Waals surface area contributed by atoms with Crippen LogP contribution in [0, 0.1) is 0 Å². The van der Waals surface area contributed by atoms with Gasteiger partial charge in [0.2, 0.25) is 0 Å². The van der Waals surface area contributed by atoms with Gasteiger partial charge in [-0.2, -0.15) is 0 Å². The van der Waals surface area contributed by atoms with E-state index in [9.17, 15) is 10.2 Å². The molecule has 3 nitrogen and oxygen atoms in total. The molecule has 0 bridgehead atoms. The molecule has 0 aliphatic heterocycles. The largest absolute Gasteiger partial charge is 1.00 e. The summed E-state index contributed by atoms with van der Waals surface area (Å²) < 4.78 is 0. The van der Waals surface area contributed by atoms with E-state index < -0.39 is 0 Å². The number of aliphatic hydroxyl groups is 1. The second-order valence-electron chi connectivity index (χ2n) is 11.5. The van der Waals surface area contributed by atoms with Crippen molar-refractivity contribution in [3.8, 4) is 33.8 Å². The summed E-state index contributed by atoms with van der Waals surface area (Å²) in [6.45, 7) is 3.44. The molecule has 0 heterocycles. The average Bonchev–Trinajstić information content (AvgIpc) is 3.08. The molecular weight excluding hydrogens is 648 g/mol. The van der Waals surface area contributed by atoms with Crippen LogP contribution in [0.1, 0.15) is 13.8 Å². The average molecular weight is 684 g/mol. The predicted octanol–water partition coefficient (Wildman–Crippen LogP) is 8.12. The SMILES string of the molecule is CC(C)O.Oc1ccc2ccccc2c1-c1cccc2ccccc12.Oc1ccc2ccccc2c1-c1cccc2ccccc12.[Cl-].[Ti]. The molecule has 0 unspecified atom stereocenters. The first kappa shape index (κ1) is 36.2. The summed E-state index contributed by atoms with van der Waals surface area (Å²) in [4.78, 5) is 0. The Morgan fingerprint density at radius 1 is 0.375 bits per heavy atom. The fraction of sp³-hybridized carbons (Fsp3) is 0.0698. The Kier molecular flexibility index (Phi) is 12.4. The van der Waals surface area contributed by atoms with Crippen molar-refractivity contribution in [1.82, 2.24) is 0 Å². The van der Waals surface area contributed by atoms with Gasteiger partial charge in [0, 0.05) is 38.9 Å². The molecule has 0 saturated carbocycles. The number of aliphatic hydroxyl groups excluding tert-OH is 1. The van der Waals surface area contributed by atoms with E-state index in [1.807, 2.05) is 72.8 Å². The van der Waals surface area contributed by atoms with Crippen LogP contribution >= 0.6 is 0 Å². The Morgan fingerprint density at radius 3 is 1.00 bits per heavy atom. The van der Waals surface area contributed by atoms with Gasteiger partial charge in [0.1, 0.15) is 11.5 Å². The molecule has 8 aromatic carbocycles. The smallest absolute Gasteiger partial charge is 0.124 e. The van der Waals surface area contributed by atoms with Crippen LogP contribution in [-0.4, -0.2) is 21.4 Å². The van der Waals surface area contributed by atoms with Gasteiger partial charge in [-0.15, -0.1) is 0 Å². The molecule has 8 rings (SSSR count). The number of phenolic OH excluding ortho intramolecular Hbond substituents is 2. The van der Waals surface area contributed by atoms with Crippen LogP contribution in [0.25, 0.3) is 65.3 Å². The zero-order valence-corrected chi connectivity index (χ0v) is 29.1. The summed E-state index contributed by atoms with van der Waals surface area (Å²) in [5.74, 6) is 0.648. The monoisotopic (exact) mass is 683 g/mol. The summed E-state index contributed by atoms with van der Waals surface area (Å²) in [6, 6.07) is 52.8.